The number of likely N-dealkylation sites (N-methyl/N-ethyl adjacent to an activating group) is 1. The van der Waals surface area contributed by atoms with E-state index in [1.54, 1.807) is 0 Å². The van der Waals surface area contributed by atoms with Crippen LogP contribution in [0, 0.1) is 5.92 Å². The zero-order valence-corrected chi connectivity index (χ0v) is 15.9. The van der Waals surface area contributed by atoms with Crippen molar-refractivity contribution in [2.45, 2.75) is 76.8 Å². The van der Waals surface area contributed by atoms with Gasteiger partial charge >= 0.3 is 12.0 Å². The first-order valence-corrected chi connectivity index (χ1v) is 9.98. The van der Waals surface area contributed by atoms with Crippen molar-refractivity contribution in [1.82, 2.24) is 15.1 Å². The third-order valence-corrected chi connectivity index (χ3v) is 5.87. The molecule has 1 aliphatic heterocycles. The summed E-state index contributed by atoms with van der Waals surface area (Å²) in [5.74, 6) is -0.148. The summed E-state index contributed by atoms with van der Waals surface area (Å²) in [5, 5.41) is 12.3. The Morgan fingerprint density at radius 1 is 1.16 bits per heavy atom. The highest BCUT2D eigenvalue weighted by atomic mass is 16.4. The topological polar surface area (TPSA) is 72.9 Å². The molecule has 0 radical (unpaired) electrons. The van der Waals surface area contributed by atoms with Crippen molar-refractivity contribution in [2.75, 3.05) is 26.7 Å². The quantitative estimate of drug-likeness (QED) is 0.738. The van der Waals surface area contributed by atoms with Crippen LogP contribution in [-0.2, 0) is 4.79 Å². The number of rotatable bonds is 7. The van der Waals surface area contributed by atoms with Crippen LogP contribution in [0.3, 0.4) is 0 Å². The largest absolute Gasteiger partial charge is 0.480 e. The molecule has 0 aromatic heterocycles. The third-order valence-electron chi connectivity index (χ3n) is 5.87. The highest BCUT2D eigenvalue weighted by molar-refractivity contribution is 5.74. The fourth-order valence-electron chi connectivity index (χ4n) is 4.41. The highest BCUT2D eigenvalue weighted by Gasteiger charge is 2.29. The van der Waals surface area contributed by atoms with Gasteiger partial charge in [0.1, 0.15) is 0 Å². The van der Waals surface area contributed by atoms with Gasteiger partial charge in [-0.25, -0.2) is 4.79 Å². The molecular weight excluding hydrogens is 318 g/mol. The van der Waals surface area contributed by atoms with Crippen LogP contribution in [0.1, 0.15) is 64.7 Å². The first-order chi connectivity index (χ1) is 12.0. The predicted octanol–water partition coefficient (Wildman–Crippen LogP) is 2.93. The van der Waals surface area contributed by atoms with Gasteiger partial charge in [-0.05, 0) is 51.5 Å². The lowest BCUT2D eigenvalue weighted by Crippen LogP contribution is -2.47. The zero-order chi connectivity index (χ0) is 18.2. The molecule has 2 unspecified atom stereocenters. The van der Waals surface area contributed by atoms with Gasteiger partial charge in [-0.3, -0.25) is 9.69 Å². The number of carbonyl (C=O) groups is 2. The highest BCUT2D eigenvalue weighted by Crippen LogP contribution is 2.29. The van der Waals surface area contributed by atoms with Gasteiger partial charge in [0.05, 0.1) is 6.54 Å². The van der Waals surface area contributed by atoms with Crippen LogP contribution in [0.5, 0.6) is 0 Å². The van der Waals surface area contributed by atoms with E-state index in [1.807, 2.05) is 16.8 Å². The van der Waals surface area contributed by atoms with Crippen LogP contribution >= 0.6 is 0 Å². The molecule has 0 bridgehead atoms. The lowest BCUT2D eigenvalue weighted by Gasteiger charge is -2.29. The Labute approximate surface area is 151 Å². The van der Waals surface area contributed by atoms with Gasteiger partial charge in [-0.2, -0.15) is 0 Å². The Kier molecular flexibility index (Phi) is 8.00. The van der Waals surface area contributed by atoms with Gasteiger partial charge in [0.15, 0.2) is 0 Å². The van der Waals surface area contributed by atoms with Gasteiger partial charge in [0.25, 0.3) is 0 Å². The number of carbonyl (C=O) groups excluding carboxylic acids is 1. The predicted molar refractivity (Wildman–Crippen MR) is 98.7 cm³/mol. The van der Waals surface area contributed by atoms with E-state index in [2.05, 4.69) is 12.2 Å². The molecule has 0 aromatic carbocycles. The molecule has 0 aromatic rings. The van der Waals surface area contributed by atoms with Crippen molar-refractivity contribution in [3.05, 3.63) is 0 Å². The number of urea groups is 1. The van der Waals surface area contributed by atoms with E-state index in [4.69, 9.17) is 5.11 Å². The molecule has 6 heteroatoms. The lowest BCUT2D eigenvalue weighted by molar-refractivity contribution is -0.138. The van der Waals surface area contributed by atoms with Crippen LogP contribution in [0.4, 0.5) is 4.79 Å². The van der Waals surface area contributed by atoms with Crippen LogP contribution < -0.4 is 5.32 Å². The van der Waals surface area contributed by atoms with E-state index in [9.17, 15) is 9.59 Å². The number of hydrogen-bond acceptors (Lipinski definition) is 3. The number of aliphatic carboxylic acids is 1. The molecule has 2 fully saturated rings. The molecule has 1 saturated carbocycles. The summed E-state index contributed by atoms with van der Waals surface area (Å²) in [6, 6.07) is 0.635. The number of carboxylic acids is 1. The smallest absolute Gasteiger partial charge is 0.317 e. The minimum atomic E-state index is -0.791. The molecule has 2 aliphatic rings. The van der Waals surface area contributed by atoms with Gasteiger partial charge in [-0.1, -0.05) is 26.2 Å². The number of amides is 2. The molecule has 1 aliphatic carbocycles. The summed E-state index contributed by atoms with van der Waals surface area (Å²) in [5.41, 5.74) is 0. The van der Waals surface area contributed by atoms with Gasteiger partial charge in [0, 0.05) is 25.2 Å². The molecule has 2 amide bonds. The molecule has 2 atom stereocenters. The van der Waals surface area contributed by atoms with E-state index < -0.39 is 5.97 Å². The van der Waals surface area contributed by atoms with Crippen molar-refractivity contribution >= 4 is 12.0 Å². The summed E-state index contributed by atoms with van der Waals surface area (Å²) in [6.45, 7) is 3.73. The number of likely N-dealkylation sites (tertiary alicyclic amines) is 1. The normalized spacial score (nSPS) is 23.5. The molecule has 1 heterocycles. The van der Waals surface area contributed by atoms with Crippen LogP contribution in [-0.4, -0.2) is 65.7 Å². The van der Waals surface area contributed by atoms with Crippen molar-refractivity contribution in [3.8, 4) is 0 Å². The van der Waals surface area contributed by atoms with Crippen molar-refractivity contribution in [1.29, 1.82) is 0 Å². The summed E-state index contributed by atoms with van der Waals surface area (Å²) >= 11 is 0. The fourth-order valence-corrected chi connectivity index (χ4v) is 4.41. The van der Waals surface area contributed by atoms with Gasteiger partial charge < -0.3 is 15.3 Å². The Morgan fingerprint density at radius 2 is 1.88 bits per heavy atom. The summed E-state index contributed by atoms with van der Waals surface area (Å²) in [4.78, 5) is 27.5. The molecule has 1 saturated heterocycles. The molecule has 2 rings (SSSR count). The van der Waals surface area contributed by atoms with Crippen molar-refractivity contribution < 1.29 is 14.7 Å². The lowest BCUT2D eigenvalue weighted by atomic mass is 9.94. The van der Waals surface area contributed by atoms with E-state index >= 15 is 0 Å². The molecule has 144 valence electrons. The summed E-state index contributed by atoms with van der Waals surface area (Å²) in [6.07, 6.45) is 9.97. The molecular formula is C19H35N3O3. The average molecular weight is 354 g/mol. The minimum absolute atomic E-state index is 0.0666. The van der Waals surface area contributed by atoms with E-state index in [-0.39, 0.29) is 18.6 Å². The maximum absolute atomic E-state index is 12.8. The molecule has 0 spiro atoms. The Morgan fingerprint density at radius 3 is 2.52 bits per heavy atom. The zero-order valence-electron chi connectivity index (χ0n) is 15.9. The second-order valence-electron chi connectivity index (χ2n) is 7.77. The Balaban J connectivity index is 1.85. The number of nitrogens with one attached hydrogen (secondary N) is 1. The first kappa shape index (κ1) is 20.0. The van der Waals surface area contributed by atoms with Gasteiger partial charge in [0.2, 0.25) is 0 Å². The third kappa shape index (κ3) is 6.17. The SMILES string of the molecule is CCCC(NC(=O)N1CCCC(N(C)CC(=O)O)CC1)C1CCCC1. The van der Waals surface area contributed by atoms with E-state index in [1.165, 1.54) is 25.7 Å². The van der Waals surface area contributed by atoms with E-state index in [0.717, 1.165) is 38.6 Å². The number of nitrogens with zero attached hydrogens (tertiary/aromatic N) is 2. The fraction of sp³-hybridized carbons (Fsp3) is 0.895. The Bertz CT molecular complexity index is 438. The average Bonchev–Trinajstić information content (AvgIpc) is 2.97. The Hall–Kier alpha value is -1.30. The second-order valence-corrected chi connectivity index (χ2v) is 7.77. The van der Waals surface area contributed by atoms with E-state index in [0.29, 0.717) is 18.5 Å². The maximum atomic E-state index is 12.8. The molecule has 6 nitrogen and oxygen atoms in total. The second kappa shape index (κ2) is 10.00. The number of carboxylic acid groups (broad SMARTS) is 1. The standard InChI is InChI=1S/C19H35N3O3/c1-3-7-17(15-8-4-5-9-15)20-19(25)22-12-6-10-16(11-13-22)21(2)14-18(23)24/h15-17H,3-14H2,1-2H3,(H,20,25)(H,23,24). The number of hydrogen-bond donors (Lipinski definition) is 2. The van der Waals surface area contributed by atoms with Crippen LogP contribution in [0.25, 0.3) is 0 Å². The van der Waals surface area contributed by atoms with Gasteiger partial charge in [-0.15, -0.1) is 0 Å². The minimum Gasteiger partial charge on any atom is -0.480 e. The first-order valence-electron chi connectivity index (χ1n) is 9.98. The molecule has 25 heavy (non-hydrogen) atoms. The van der Waals surface area contributed by atoms with Crippen molar-refractivity contribution in [3.63, 3.8) is 0 Å². The van der Waals surface area contributed by atoms with Crippen molar-refractivity contribution in [2.24, 2.45) is 5.92 Å². The monoisotopic (exact) mass is 353 g/mol. The maximum Gasteiger partial charge on any atom is 0.317 e. The summed E-state index contributed by atoms with van der Waals surface area (Å²) < 4.78 is 0. The molecule has 2 N–H and O–H groups in total. The van der Waals surface area contributed by atoms with Crippen LogP contribution in [0.2, 0.25) is 0 Å². The van der Waals surface area contributed by atoms with Crippen LogP contribution in [0.15, 0.2) is 0 Å². The summed E-state index contributed by atoms with van der Waals surface area (Å²) in [7, 11) is 1.87.